The summed E-state index contributed by atoms with van der Waals surface area (Å²) in [6, 6.07) is 63.1. The van der Waals surface area contributed by atoms with E-state index in [2.05, 4.69) is 155 Å². The summed E-state index contributed by atoms with van der Waals surface area (Å²) in [6.45, 7) is 0. The van der Waals surface area contributed by atoms with Crippen molar-refractivity contribution in [2.75, 3.05) is 0 Å². The lowest BCUT2D eigenvalue weighted by atomic mass is 9.94. The van der Waals surface area contributed by atoms with Crippen molar-refractivity contribution in [3.8, 4) is 16.8 Å². The zero-order valence-electron chi connectivity index (χ0n) is 30.6. The van der Waals surface area contributed by atoms with Gasteiger partial charge in [-0.2, -0.15) is 0 Å². The van der Waals surface area contributed by atoms with E-state index in [0.29, 0.717) is 5.84 Å². The molecule has 12 rings (SSSR count). The minimum atomic E-state index is -0.287. The third-order valence-corrected chi connectivity index (χ3v) is 11.3. The predicted octanol–water partition coefficient (Wildman–Crippen LogP) is 12.7. The maximum Gasteiger partial charge on any atom is 0.159 e. The molecule has 1 atom stereocenters. The van der Waals surface area contributed by atoms with Crippen molar-refractivity contribution < 1.29 is 8.83 Å². The van der Waals surface area contributed by atoms with Crippen molar-refractivity contribution in [2.24, 2.45) is 9.98 Å². The quantitative estimate of drug-likeness (QED) is 0.192. The van der Waals surface area contributed by atoms with Gasteiger partial charge in [0.1, 0.15) is 34.3 Å². The number of para-hydroxylation sites is 2. The minimum absolute atomic E-state index is 0.287. The first kappa shape index (κ1) is 31.6. The summed E-state index contributed by atoms with van der Waals surface area (Å²) in [6.07, 6.45) is -0.287. The molecule has 0 fully saturated rings. The van der Waals surface area contributed by atoms with Crippen LogP contribution in [0.3, 0.4) is 0 Å². The molecule has 0 radical (unpaired) electrons. The molecule has 6 heteroatoms. The van der Waals surface area contributed by atoms with E-state index in [1.165, 1.54) is 10.8 Å². The number of aliphatic imine (C=N–C) groups is 2. The lowest BCUT2D eigenvalue weighted by molar-refractivity contribution is 0.667. The molecule has 1 aliphatic rings. The first-order valence-corrected chi connectivity index (χ1v) is 19.2. The molecule has 11 aromatic rings. The number of fused-ring (bicyclic) bond motifs is 9. The van der Waals surface area contributed by atoms with Crippen molar-refractivity contribution in [1.29, 1.82) is 0 Å². The van der Waals surface area contributed by atoms with Crippen LogP contribution in [-0.2, 0) is 0 Å². The first-order chi connectivity index (χ1) is 28.3. The Morgan fingerprint density at radius 3 is 1.79 bits per heavy atom. The highest BCUT2D eigenvalue weighted by atomic mass is 16.3. The molecular weight excluding hydrogens is 701 g/mol. The second-order valence-corrected chi connectivity index (χ2v) is 14.5. The predicted molar refractivity (Wildman–Crippen MR) is 233 cm³/mol. The Kier molecular flexibility index (Phi) is 6.89. The van der Waals surface area contributed by atoms with Gasteiger partial charge in [-0.25, -0.2) is 9.98 Å². The zero-order valence-corrected chi connectivity index (χ0v) is 30.6. The molecule has 1 aliphatic heterocycles. The van der Waals surface area contributed by atoms with Crippen LogP contribution in [0.15, 0.2) is 201 Å². The molecule has 3 aromatic heterocycles. The van der Waals surface area contributed by atoms with E-state index in [1.807, 2.05) is 36.4 Å². The van der Waals surface area contributed by atoms with Crippen LogP contribution in [0.4, 0.5) is 0 Å². The Labute approximate surface area is 326 Å². The second-order valence-electron chi connectivity index (χ2n) is 14.5. The molecular formula is C51H32N4O2. The number of benzene rings is 8. The van der Waals surface area contributed by atoms with Crippen molar-refractivity contribution in [2.45, 2.75) is 6.17 Å². The Bertz CT molecular complexity index is 3390. The smallest absolute Gasteiger partial charge is 0.159 e. The molecule has 8 aromatic carbocycles. The highest BCUT2D eigenvalue weighted by Crippen LogP contribution is 2.45. The molecule has 0 aliphatic carbocycles. The number of hydrogen-bond donors (Lipinski definition) is 1. The van der Waals surface area contributed by atoms with Gasteiger partial charge in [0, 0.05) is 38.1 Å². The Morgan fingerprint density at radius 2 is 1.05 bits per heavy atom. The summed E-state index contributed by atoms with van der Waals surface area (Å²) in [4.78, 5) is 10.2. The van der Waals surface area contributed by atoms with Gasteiger partial charge >= 0.3 is 0 Å². The van der Waals surface area contributed by atoms with Crippen LogP contribution in [0.2, 0.25) is 0 Å². The second kappa shape index (κ2) is 12.4. The van der Waals surface area contributed by atoms with Gasteiger partial charge in [0.15, 0.2) is 5.84 Å². The average Bonchev–Trinajstić information content (AvgIpc) is 3.96. The van der Waals surface area contributed by atoms with Crippen molar-refractivity contribution in [3.63, 3.8) is 0 Å². The maximum absolute atomic E-state index is 6.68. The van der Waals surface area contributed by atoms with E-state index >= 15 is 0 Å². The highest BCUT2D eigenvalue weighted by molar-refractivity contribution is 6.22. The topological polar surface area (TPSA) is 68.0 Å². The maximum atomic E-state index is 6.68. The summed E-state index contributed by atoms with van der Waals surface area (Å²) in [7, 11) is 0. The summed E-state index contributed by atoms with van der Waals surface area (Å²) < 4.78 is 15.7. The summed E-state index contributed by atoms with van der Waals surface area (Å²) in [5.74, 6) is 1.43. The fourth-order valence-electron chi connectivity index (χ4n) is 8.76. The Balaban J connectivity index is 1.05. The third kappa shape index (κ3) is 4.90. The Morgan fingerprint density at radius 1 is 0.456 bits per heavy atom. The molecule has 0 spiro atoms. The zero-order chi connectivity index (χ0) is 37.5. The van der Waals surface area contributed by atoms with Crippen molar-refractivity contribution in [3.05, 3.63) is 199 Å². The minimum Gasteiger partial charge on any atom is -0.456 e. The SMILES string of the molecule is c1ccc(C2=NC(c3ccc4c(c3)oc3cccc(-c5cccc6oc7cccc(-n8c9ccccc9c9ccccc98)c7c56)c34)=NC(c3ccccc3)N2)cc1. The molecule has 1 N–H and O–H groups in total. The van der Waals surface area contributed by atoms with E-state index < -0.39 is 0 Å². The van der Waals surface area contributed by atoms with Gasteiger partial charge in [0.05, 0.1) is 22.1 Å². The normalized spacial score (nSPS) is 14.5. The summed E-state index contributed by atoms with van der Waals surface area (Å²) in [5, 5.41) is 10.2. The molecule has 0 amide bonds. The standard InChI is InChI=1S/C51H32N4O2/c1-3-14-31(15-4-1)49-52-50(32-16-5-2-6-17-32)54-51(53-49)33-28-29-38-45(30-33)57-42-25-11-20-36(46(38)42)37-21-12-26-43-47(37)48-41(24-13-27-44(48)56-43)55-39-22-9-7-18-34(39)35-19-8-10-23-40(35)55/h1-30,49H,(H,52,53,54). The van der Waals surface area contributed by atoms with E-state index in [9.17, 15) is 0 Å². The molecule has 1 unspecified atom stereocenters. The van der Waals surface area contributed by atoms with Gasteiger partial charge in [-0.1, -0.05) is 133 Å². The van der Waals surface area contributed by atoms with Crippen LogP contribution >= 0.6 is 0 Å². The van der Waals surface area contributed by atoms with Crippen molar-refractivity contribution in [1.82, 2.24) is 9.88 Å². The van der Waals surface area contributed by atoms with Crippen LogP contribution in [-0.4, -0.2) is 16.2 Å². The number of hydrogen-bond acceptors (Lipinski definition) is 5. The van der Waals surface area contributed by atoms with Crippen LogP contribution in [0, 0.1) is 0 Å². The van der Waals surface area contributed by atoms with Gasteiger partial charge in [0.2, 0.25) is 0 Å². The molecule has 6 nitrogen and oxygen atoms in total. The number of rotatable bonds is 5. The van der Waals surface area contributed by atoms with E-state index in [1.54, 1.807) is 0 Å². The number of aromatic nitrogens is 1. The van der Waals surface area contributed by atoms with Crippen LogP contribution in [0.1, 0.15) is 22.9 Å². The van der Waals surface area contributed by atoms with Gasteiger partial charge in [-0.05, 0) is 65.2 Å². The molecule has 0 bridgehead atoms. The number of furan rings is 2. The summed E-state index contributed by atoms with van der Waals surface area (Å²) >= 11 is 0. The molecule has 4 heterocycles. The molecule has 57 heavy (non-hydrogen) atoms. The number of amidine groups is 2. The van der Waals surface area contributed by atoms with Gasteiger partial charge in [0.25, 0.3) is 0 Å². The van der Waals surface area contributed by atoms with Crippen LogP contribution in [0.5, 0.6) is 0 Å². The van der Waals surface area contributed by atoms with Gasteiger partial charge in [-0.15, -0.1) is 0 Å². The van der Waals surface area contributed by atoms with Crippen LogP contribution < -0.4 is 5.32 Å². The highest BCUT2D eigenvalue weighted by Gasteiger charge is 2.24. The third-order valence-electron chi connectivity index (χ3n) is 11.3. The first-order valence-electron chi connectivity index (χ1n) is 19.2. The fraction of sp³-hybridized carbons (Fsp3) is 0.0196. The van der Waals surface area contributed by atoms with Crippen LogP contribution in [0.25, 0.3) is 82.5 Å². The number of nitrogens with zero attached hydrogens (tertiary/aromatic N) is 3. The largest absolute Gasteiger partial charge is 0.456 e. The average molecular weight is 733 g/mol. The van der Waals surface area contributed by atoms with Gasteiger partial charge in [-0.3, -0.25) is 0 Å². The van der Waals surface area contributed by atoms with E-state index in [4.69, 9.17) is 18.8 Å². The van der Waals surface area contributed by atoms with E-state index in [0.717, 1.165) is 94.3 Å². The summed E-state index contributed by atoms with van der Waals surface area (Å²) in [5.41, 5.74) is 11.8. The molecule has 268 valence electrons. The fourth-order valence-corrected chi connectivity index (χ4v) is 8.76. The number of nitrogens with one attached hydrogen (secondary N) is 1. The van der Waals surface area contributed by atoms with Crippen molar-refractivity contribution >= 4 is 77.4 Å². The molecule has 0 saturated carbocycles. The Hall–Kier alpha value is -7.70. The lowest BCUT2D eigenvalue weighted by Gasteiger charge is -2.23. The lowest BCUT2D eigenvalue weighted by Crippen LogP contribution is -2.33. The van der Waals surface area contributed by atoms with Gasteiger partial charge < -0.3 is 18.7 Å². The van der Waals surface area contributed by atoms with E-state index in [-0.39, 0.29) is 6.17 Å². The monoisotopic (exact) mass is 732 g/mol. The molecule has 0 saturated heterocycles.